The van der Waals surface area contributed by atoms with Crippen molar-refractivity contribution in [3.8, 4) is 0 Å². The van der Waals surface area contributed by atoms with E-state index < -0.39 is 23.5 Å². The van der Waals surface area contributed by atoms with Gasteiger partial charge in [0.2, 0.25) is 0 Å². The largest absolute Gasteiger partial charge is 0.507 e. The summed E-state index contributed by atoms with van der Waals surface area (Å²) in [5.74, 6) is -2.46. The number of rotatable bonds is 3. The summed E-state index contributed by atoms with van der Waals surface area (Å²) in [5.41, 5.74) is 1.40. The molecule has 2 heterocycles. The molecule has 0 spiro atoms. The van der Waals surface area contributed by atoms with Crippen LogP contribution in [0.4, 0.5) is 10.1 Å². The molecular weight excluding hydrogens is 407 g/mol. The molecule has 4 rings (SSSR count). The molecule has 7 heteroatoms. The summed E-state index contributed by atoms with van der Waals surface area (Å²) in [6.45, 7) is 1.55. The second-order valence-electron chi connectivity index (χ2n) is 6.90. The number of aryl methyl sites for hydroxylation is 1. The minimum absolute atomic E-state index is 0.0982. The number of hydrogen-bond acceptors (Lipinski definition) is 4. The fourth-order valence-electron chi connectivity index (χ4n) is 3.53. The van der Waals surface area contributed by atoms with Gasteiger partial charge in [0, 0.05) is 28.7 Å². The molecule has 1 aliphatic heterocycles. The van der Waals surface area contributed by atoms with Crippen LogP contribution in [0.2, 0.25) is 5.02 Å². The quantitative estimate of drug-likeness (QED) is 0.373. The summed E-state index contributed by atoms with van der Waals surface area (Å²) in [4.78, 5) is 31.3. The molecule has 0 aliphatic carbocycles. The van der Waals surface area contributed by atoms with Gasteiger partial charge in [0.25, 0.3) is 11.7 Å². The number of pyridine rings is 1. The van der Waals surface area contributed by atoms with Crippen molar-refractivity contribution in [1.29, 1.82) is 0 Å². The van der Waals surface area contributed by atoms with E-state index in [9.17, 15) is 19.1 Å². The maximum absolute atomic E-state index is 13.7. The molecule has 1 amide bonds. The van der Waals surface area contributed by atoms with Crippen molar-refractivity contribution < 1.29 is 19.1 Å². The predicted molar refractivity (Wildman–Crippen MR) is 112 cm³/mol. The normalized spacial score (nSPS) is 18.1. The smallest absolute Gasteiger partial charge is 0.300 e. The van der Waals surface area contributed by atoms with E-state index in [2.05, 4.69) is 4.98 Å². The Morgan fingerprint density at radius 1 is 1.13 bits per heavy atom. The summed E-state index contributed by atoms with van der Waals surface area (Å²) in [6, 6.07) is 13.0. The van der Waals surface area contributed by atoms with Crippen LogP contribution in [0.25, 0.3) is 5.76 Å². The third-order valence-corrected chi connectivity index (χ3v) is 5.20. The van der Waals surface area contributed by atoms with Crippen molar-refractivity contribution in [3.63, 3.8) is 0 Å². The first-order chi connectivity index (χ1) is 14.4. The molecule has 0 radical (unpaired) electrons. The zero-order valence-corrected chi connectivity index (χ0v) is 16.6. The first-order valence-corrected chi connectivity index (χ1v) is 9.49. The van der Waals surface area contributed by atoms with Crippen molar-refractivity contribution in [1.82, 2.24) is 4.98 Å². The Labute approximate surface area is 177 Å². The molecule has 5 nitrogen and oxygen atoms in total. The molecule has 1 saturated heterocycles. The number of Topliss-reactive ketones (excluding diaryl/α,β-unsaturated/α-hetero) is 1. The fraction of sp³-hybridized carbons (Fsp3) is 0.0870. The van der Waals surface area contributed by atoms with Gasteiger partial charge in [-0.15, -0.1) is 0 Å². The zero-order chi connectivity index (χ0) is 21.4. The number of ketones is 1. The number of carbonyl (C=O) groups is 2. The van der Waals surface area contributed by atoms with Crippen molar-refractivity contribution in [2.45, 2.75) is 13.0 Å². The molecule has 3 aromatic rings. The fourth-order valence-corrected chi connectivity index (χ4v) is 3.71. The van der Waals surface area contributed by atoms with E-state index in [0.717, 1.165) is 0 Å². The Kier molecular flexibility index (Phi) is 5.10. The average Bonchev–Trinajstić information content (AvgIpc) is 3.01. The molecule has 1 fully saturated rings. The van der Waals surface area contributed by atoms with Crippen molar-refractivity contribution in [3.05, 3.63) is 100 Å². The molecule has 1 aromatic heterocycles. The van der Waals surface area contributed by atoms with Crippen LogP contribution in [-0.2, 0) is 9.59 Å². The Morgan fingerprint density at radius 3 is 2.60 bits per heavy atom. The van der Waals surface area contributed by atoms with E-state index >= 15 is 0 Å². The SMILES string of the molecule is Cc1cc(/C(O)=C2\C(=O)C(=O)N(c3cccc(Cl)c3)C2c2cccnc2)ccc1F. The van der Waals surface area contributed by atoms with E-state index in [1.807, 2.05) is 0 Å². The van der Waals surface area contributed by atoms with Gasteiger partial charge in [0.05, 0.1) is 11.6 Å². The second-order valence-corrected chi connectivity index (χ2v) is 7.34. The Hall–Kier alpha value is -3.51. The molecule has 0 saturated carbocycles. The third kappa shape index (κ3) is 3.35. The van der Waals surface area contributed by atoms with Crippen LogP contribution in [0.15, 0.2) is 72.6 Å². The molecule has 150 valence electrons. The molecule has 2 aromatic carbocycles. The third-order valence-electron chi connectivity index (χ3n) is 4.96. The lowest BCUT2D eigenvalue weighted by Crippen LogP contribution is -2.29. The van der Waals surface area contributed by atoms with E-state index in [1.165, 1.54) is 29.3 Å². The second kappa shape index (κ2) is 7.72. The molecular formula is C23H16ClFN2O3. The highest BCUT2D eigenvalue weighted by atomic mass is 35.5. The molecule has 1 aliphatic rings. The number of aliphatic hydroxyl groups excluding tert-OH is 1. The van der Waals surface area contributed by atoms with Gasteiger partial charge in [-0.25, -0.2) is 4.39 Å². The number of benzene rings is 2. The van der Waals surface area contributed by atoms with Gasteiger partial charge in [-0.1, -0.05) is 23.7 Å². The van der Waals surface area contributed by atoms with Gasteiger partial charge < -0.3 is 5.11 Å². The van der Waals surface area contributed by atoms with E-state index in [0.29, 0.717) is 21.8 Å². The van der Waals surface area contributed by atoms with Crippen LogP contribution in [0, 0.1) is 12.7 Å². The number of aromatic nitrogens is 1. The highest BCUT2D eigenvalue weighted by Crippen LogP contribution is 2.42. The predicted octanol–water partition coefficient (Wildman–Crippen LogP) is 4.81. The monoisotopic (exact) mass is 422 g/mol. The standard InChI is InChI=1S/C23H16ClFN2O3/c1-13-10-14(7-8-18(13)25)21(28)19-20(15-4-3-9-26-12-15)27(23(30)22(19)29)17-6-2-5-16(24)11-17/h2-12,20,28H,1H3/b21-19+. The Morgan fingerprint density at radius 2 is 1.93 bits per heavy atom. The lowest BCUT2D eigenvalue weighted by atomic mass is 9.95. The van der Waals surface area contributed by atoms with Gasteiger partial charge in [-0.3, -0.25) is 19.5 Å². The van der Waals surface area contributed by atoms with E-state index in [-0.39, 0.29) is 16.9 Å². The first-order valence-electron chi connectivity index (χ1n) is 9.11. The van der Waals surface area contributed by atoms with Gasteiger partial charge >= 0.3 is 0 Å². The Bertz CT molecular complexity index is 1190. The number of nitrogens with zero attached hydrogens (tertiary/aromatic N) is 2. The van der Waals surface area contributed by atoms with E-state index in [1.54, 1.807) is 49.5 Å². The molecule has 1 N–H and O–H groups in total. The zero-order valence-electron chi connectivity index (χ0n) is 15.8. The highest BCUT2D eigenvalue weighted by molar-refractivity contribution is 6.51. The highest BCUT2D eigenvalue weighted by Gasteiger charge is 2.47. The molecule has 0 bridgehead atoms. The van der Waals surface area contributed by atoms with E-state index in [4.69, 9.17) is 11.6 Å². The summed E-state index contributed by atoms with van der Waals surface area (Å²) in [7, 11) is 0. The number of aliphatic hydroxyl groups is 1. The van der Waals surface area contributed by atoms with Crippen LogP contribution in [0.5, 0.6) is 0 Å². The van der Waals surface area contributed by atoms with Gasteiger partial charge in [-0.2, -0.15) is 0 Å². The average molecular weight is 423 g/mol. The number of hydrogen-bond donors (Lipinski definition) is 1. The summed E-state index contributed by atoms with van der Waals surface area (Å²) >= 11 is 6.10. The number of anilines is 1. The molecule has 1 unspecified atom stereocenters. The van der Waals surface area contributed by atoms with Crippen molar-refractivity contribution in [2.24, 2.45) is 0 Å². The topological polar surface area (TPSA) is 70.5 Å². The summed E-state index contributed by atoms with van der Waals surface area (Å²) < 4.78 is 13.7. The van der Waals surface area contributed by atoms with Gasteiger partial charge in [0.15, 0.2) is 0 Å². The molecule has 30 heavy (non-hydrogen) atoms. The summed E-state index contributed by atoms with van der Waals surface area (Å²) in [6.07, 6.45) is 3.09. The molecule has 1 atom stereocenters. The van der Waals surface area contributed by atoms with Crippen LogP contribution in [-0.4, -0.2) is 21.8 Å². The number of amides is 1. The minimum atomic E-state index is -0.914. The summed E-state index contributed by atoms with van der Waals surface area (Å²) in [5, 5.41) is 11.4. The van der Waals surface area contributed by atoms with Crippen LogP contribution in [0.3, 0.4) is 0 Å². The van der Waals surface area contributed by atoms with Crippen molar-refractivity contribution in [2.75, 3.05) is 4.90 Å². The van der Waals surface area contributed by atoms with Crippen LogP contribution >= 0.6 is 11.6 Å². The lowest BCUT2D eigenvalue weighted by molar-refractivity contribution is -0.132. The van der Waals surface area contributed by atoms with Crippen LogP contribution < -0.4 is 4.90 Å². The Balaban J connectivity index is 1.95. The number of carbonyl (C=O) groups excluding carboxylic acids is 2. The first kappa shape index (κ1) is 19.8. The van der Waals surface area contributed by atoms with Gasteiger partial charge in [0.1, 0.15) is 11.6 Å². The van der Waals surface area contributed by atoms with Crippen LogP contribution in [0.1, 0.15) is 22.7 Å². The number of halogens is 2. The maximum atomic E-state index is 13.7. The lowest BCUT2D eigenvalue weighted by Gasteiger charge is -2.25. The van der Waals surface area contributed by atoms with Crippen molar-refractivity contribution >= 4 is 34.7 Å². The van der Waals surface area contributed by atoms with Gasteiger partial charge in [-0.05, 0) is 60.5 Å². The maximum Gasteiger partial charge on any atom is 0.300 e. The minimum Gasteiger partial charge on any atom is -0.507 e.